The second kappa shape index (κ2) is 5.99. The number of benzene rings is 1. The Labute approximate surface area is 131 Å². The van der Waals surface area contributed by atoms with Crippen molar-refractivity contribution >= 4 is 34.6 Å². The smallest absolute Gasteiger partial charge is 0.324 e. The van der Waals surface area contributed by atoms with Gasteiger partial charge in [0.1, 0.15) is 5.58 Å². The molecule has 2 heterocycles. The number of imide groups is 1. The third kappa shape index (κ3) is 3.10. The molecule has 0 radical (unpaired) electrons. The molecule has 0 saturated carbocycles. The van der Waals surface area contributed by atoms with Crippen LogP contribution in [0.4, 0.5) is 15.3 Å². The number of urea groups is 2. The number of carbonyl (C=O) groups is 3. The topological polar surface area (TPSA) is 104 Å². The van der Waals surface area contributed by atoms with Gasteiger partial charge in [-0.25, -0.2) is 9.59 Å². The summed E-state index contributed by atoms with van der Waals surface area (Å²) in [7, 11) is 0. The summed E-state index contributed by atoms with van der Waals surface area (Å²) in [4.78, 5) is 35.7. The van der Waals surface area contributed by atoms with Crippen molar-refractivity contribution < 1.29 is 18.8 Å². The molecule has 1 aliphatic rings. The van der Waals surface area contributed by atoms with Crippen LogP contribution in [-0.2, 0) is 4.79 Å². The first-order valence-corrected chi connectivity index (χ1v) is 7.15. The summed E-state index contributed by atoms with van der Waals surface area (Å²) in [5, 5.41) is 8.66. The predicted molar refractivity (Wildman–Crippen MR) is 83.1 cm³/mol. The fraction of sp³-hybridized carbons (Fsp3) is 0.267. The van der Waals surface area contributed by atoms with Crippen molar-refractivity contribution in [3.05, 3.63) is 30.0 Å². The van der Waals surface area contributed by atoms with Gasteiger partial charge in [0, 0.05) is 24.2 Å². The number of carbonyl (C=O) groups excluding carboxylic acids is 3. The Kier molecular flexibility index (Phi) is 3.88. The van der Waals surface area contributed by atoms with Crippen LogP contribution in [0.25, 0.3) is 11.0 Å². The van der Waals surface area contributed by atoms with E-state index in [0.717, 1.165) is 21.4 Å². The standard InChI is InChI=1S/C15H16N4O4/c1-9-8-23-12-3-2-10(6-11(9)12)18-14(21)16-4-5-19-13(20)7-17-15(19)22/h2-3,6,8H,4-5,7H2,1H3,(H,17,22)(H2,16,18,21). The molecule has 1 aromatic carbocycles. The molecule has 1 aromatic heterocycles. The Morgan fingerprint density at radius 1 is 1.39 bits per heavy atom. The molecule has 3 N–H and O–H groups in total. The van der Waals surface area contributed by atoms with Crippen molar-refractivity contribution in [1.29, 1.82) is 0 Å². The lowest BCUT2D eigenvalue weighted by atomic mass is 10.2. The number of aryl methyl sites for hydroxylation is 1. The van der Waals surface area contributed by atoms with Gasteiger partial charge in [0.05, 0.1) is 12.8 Å². The van der Waals surface area contributed by atoms with E-state index in [1.54, 1.807) is 18.4 Å². The molecule has 1 aliphatic heterocycles. The first-order chi connectivity index (χ1) is 11.0. The molecular weight excluding hydrogens is 300 g/mol. The molecule has 0 aliphatic carbocycles. The van der Waals surface area contributed by atoms with Crippen LogP contribution in [0.15, 0.2) is 28.9 Å². The number of hydrogen-bond acceptors (Lipinski definition) is 4. The van der Waals surface area contributed by atoms with Gasteiger partial charge < -0.3 is 20.4 Å². The van der Waals surface area contributed by atoms with E-state index in [-0.39, 0.29) is 25.5 Å². The normalized spacial score (nSPS) is 14.2. The molecule has 8 nitrogen and oxygen atoms in total. The van der Waals surface area contributed by atoms with Crippen molar-refractivity contribution in [2.24, 2.45) is 0 Å². The third-order valence-corrected chi connectivity index (χ3v) is 3.58. The molecule has 1 fully saturated rings. The van der Waals surface area contributed by atoms with Gasteiger partial charge in [0.15, 0.2) is 0 Å². The van der Waals surface area contributed by atoms with Gasteiger partial charge >= 0.3 is 12.1 Å². The van der Waals surface area contributed by atoms with Gasteiger partial charge in [-0.3, -0.25) is 9.69 Å². The zero-order chi connectivity index (χ0) is 16.4. The summed E-state index contributed by atoms with van der Waals surface area (Å²) in [5.74, 6) is -0.293. The Hall–Kier alpha value is -3.03. The highest BCUT2D eigenvalue weighted by Gasteiger charge is 2.27. The summed E-state index contributed by atoms with van der Waals surface area (Å²) in [5.41, 5.74) is 2.38. The number of nitrogens with one attached hydrogen (secondary N) is 3. The van der Waals surface area contributed by atoms with Crippen LogP contribution >= 0.6 is 0 Å². The van der Waals surface area contributed by atoms with Crippen molar-refractivity contribution in [3.63, 3.8) is 0 Å². The number of fused-ring (bicyclic) bond motifs is 1. The largest absolute Gasteiger partial charge is 0.464 e. The maximum Gasteiger partial charge on any atom is 0.324 e. The van der Waals surface area contributed by atoms with Crippen LogP contribution in [0.5, 0.6) is 0 Å². The van der Waals surface area contributed by atoms with Crippen LogP contribution in [0, 0.1) is 6.92 Å². The second-order valence-corrected chi connectivity index (χ2v) is 5.21. The van der Waals surface area contributed by atoms with Crippen molar-refractivity contribution in [1.82, 2.24) is 15.5 Å². The highest BCUT2D eigenvalue weighted by atomic mass is 16.3. The lowest BCUT2D eigenvalue weighted by molar-refractivity contribution is -0.124. The quantitative estimate of drug-likeness (QED) is 0.742. The van der Waals surface area contributed by atoms with Crippen LogP contribution in [-0.4, -0.2) is 42.5 Å². The molecule has 2 aromatic rings. The van der Waals surface area contributed by atoms with Crippen molar-refractivity contribution in [2.75, 3.05) is 25.0 Å². The van der Waals surface area contributed by atoms with Gasteiger partial charge in [-0.05, 0) is 30.7 Å². The van der Waals surface area contributed by atoms with Crippen molar-refractivity contribution in [2.45, 2.75) is 6.92 Å². The molecule has 0 spiro atoms. The summed E-state index contributed by atoms with van der Waals surface area (Å²) >= 11 is 0. The van der Waals surface area contributed by atoms with Crippen LogP contribution < -0.4 is 16.0 Å². The lowest BCUT2D eigenvalue weighted by Crippen LogP contribution is -2.39. The molecule has 8 heteroatoms. The van der Waals surface area contributed by atoms with Gasteiger partial charge in [-0.2, -0.15) is 0 Å². The molecule has 1 saturated heterocycles. The van der Waals surface area contributed by atoms with E-state index in [2.05, 4.69) is 16.0 Å². The zero-order valence-electron chi connectivity index (χ0n) is 12.5. The maximum absolute atomic E-state index is 11.9. The van der Waals surface area contributed by atoms with Crippen molar-refractivity contribution in [3.8, 4) is 0 Å². The molecule has 0 unspecified atom stereocenters. The van der Waals surface area contributed by atoms with Gasteiger partial charge in [0.25, 0.3) is 0 Å². The summed E-state index contributed by atoms with van der Waals surface area (Å²) in [6.07, 6.45) is 1.66. The van der Waals surface area contributed by atoms with Crippen LogP contribution in [0.3, 0.4) is 0 Å². The molecular formula is C15H16N4O4. The van der Waals surface area contributed by atoms with E-state index in [1.165, 1.54) is 0 Å². The van der Waals surface area contributed by atoms with E-state index in [1.807, 2.05) is 13.0 Å². The number of amides is 5. The minimum absolute atomic E-state index is 0.00902. The number of furan rings is 1. The summed E-state index contributed by atoms with van der Waals surface area (Å²) < 4.78 is 5.35. The zero-order valence-corrected chi connectivity index (χ0v) is 12.5. The SMILES string of the molecule is Cc1coc2ccc(NC(=O)NCCN3C(=O)CNC3=O)cc12. The first-order valence-electron chi connectivity index (χ1n) is 7.15. The summed E-state index contributed by atoms with van der Waals surface area (Å²) in [6, 6.07) is 4.51. The Morgan fingerprint density at radius 3 is 2.96 bits per heavy atom. The Bertz CT molecular complexity index is 767. The van der Waals surface area contributed by atoms with Crippen LogP contribution in [0.1, 0.15) is 5.56 Å². The van der Waals surface area contributed by atoms with E-state index >= 15 is 0 Å². The highest BCUT2D eigenvalue weighted by Crippen LogP contribution is 2.23. The number of hydrogen-bond donors (Lipinski definition) is 3. The number of rotatable bonds is 4. The van der Waals surface area contributed by atoms with Crippen LogP contribution in [0.2, 0.25) is 0 Å². The van der Waals surface area contributed by atoms with Gasteiger partial charge in [-0.1, -0.05) is 0 Å². The fourth-order valence-electron chi connectivity index (χ4n) is 2.37. The minimum atomic E-state index is -0.432. The molecule has 0 atom stereocenters. The molecule has 23 heavy (non-hydrogen) atoms. The summed E-state index contributed by atoms with van der Waals surface area (Å²) in [6.45, 7) is 2.25. The average Bonchev–Trinajstić information content (AvgIpc) is 3.04. The van der Waals surface area contributed by atoms with E-state index in [4.69, 9.17) is 4.42 Å². The Balaban J connectivity index is 1.53. The maximum atomic E-state index is 11.9. The average molecular weight is 316 g/mol. The Morgan fingerprint density at radius 2 is 2.22 bits per heavy atom. The second-order valence-electron chi connectivity index (χ2n) is 5.21. The van der Waals surface area contributed by atoms with E-state index in [0.29, 0.717) is 5.69 Å². The number of anilines is 1. The molecule has 5 amide bonds. The lowest BCUT2D eigenvalue weighted by Gasteiger charge is -2.13. The predicted octanol–water partition coefficient (Wildman–Crippen LogP) is 1.41. The van der Waals surface area contributed by atoms with Gasteiger partial charge in [-0.15, -0.1) is 0 Å². The molecule has 0 bridgehead atoms. The third-order valence-electron chi connectivity index (χ3n) is 3.58. The first kappa shape index (κ1) is 14.9. The fourth-order valence-corrected chi connectivity index (χ4v) is 2.37. The van der Waals surface area contributed by atoms with E-state index in [9.17, 15) is 14.4 Å². The number of nitrogens with zero attached hydrogens (tertiary/aromatic N) is 1. The monoisotopic (exact) mass is 316 g/mol. The minimum Gasteiger partial charge on any atom is -0.464 e. The molecule has 120 valence electrons. The molecule has 3 rings (SSSR count). The van der Waals surface area contributed by atoms with E-state index < -0.39 is 12.1 Å². The van der Waals surface area contributed by atoms with Gasteiger partial charge in [0.2, 0.25) is 5.91 Å². The highest BCUT2D eigenvalue weighted by molar-refractivity contribution is 6.02.